The van der Waals surface area contributed by atoms with Crippen molar-refractivity contribution < 1.29 is 9.90 Å². The molecule has 15 heavy (non-hydrogen) atoms. The number of nitrogens with zero attached hydrogens (tertiary/aromatic N) is 1. The van der Waals surface area contributed by atoms with Gasteiger partial charge >= 0.3 is 5.97 Å². The van der Waals surface area contributed by atoms with Gasteiger partial charge in [-0.2, -0.15) is 0 Å². The van der Waals surface area contributed by atoms with E-state index in [-0.39, 0.29) is 5.56 Å². The van der Waals surface area contributed by atoms with E-state index in [0.29, 0.717) is 5.25 Å². The molecule has 1 rings (SSSR count). The summed E-state index contributed by atoms with van der Waals surface area (Å²) in [5, 5.41) is 10.1. The zero-order valence-electron chi connectivity index (χ0n) is 8.64. The molecule has 0 aromatic carbocycles. The van der Waals surface area contributed by atoms with Crippen molar-refractivity contribution in [2.75, 3.05) is 0 Å². The minimum Gasteiger partial charge on any atom is -0.478 e. The summed E-state index contributed by atoms with van der Waals surface area (Å²) < 4.78 is 0. The second-order valence-electron chi connectivity index (χ2n) is 3.09. The van der Waals surface area contributed by atoms with Crippen molar-refractivity contribution in [1.29, 1.82) is 0 Å². The predicted molar refractivity (Wildman–Crippen MR) is 64.4 cm³/mol. The van der Waals surface area contributed by atoms with Crippen LogP contribution in [0.25, 0.3) is 0 Å². The lowest BCUT2D eigenvalue weighted by atomic mass is 10.3. The first kappa shape index (κ1) is 12.4. The van der Waals surface area contributed by atoms with Crippen molar-refractivity contribution in [3.63, 3.8) is 0 Å². The summed E-state index contributed by atoms with van der Waals surface area (Å²) in [6, 6.07) is 3.32. The van der Waals surface area contributed by atoms with Crippen molar-refractivity contribution in [2.45, 2.75) is 30.5 Å². The molecule has 0 amide bonds. The van der Waals surface area contributed by atoms with E-state index in [9.17, 15) is 4.79 Å². The Morgan fingerprint density at radius 2 is 2.33 bits per heavy atom. The van der Waals surface area contributed by atoms with E-state index in [1.165, 1.54) is 6.20 Å². The fourth-order valence-corrected chi connectivity index (χ4v) is 2.87. The highest BCUT2D eigenvalue weighted by molar-refractivity contribution is 8.76. The maximum Gasteiger partial charge on any atom is 0.337 e. The normalized spacial score (nSPS) is 12.4. The second kappa shape index (κ2) is 6.02. The Morgan fingerprint density at radius 3 is 2.80 bits per heavy atom. The molecule has 1 aromatic heterocycles. The van der Waals surface area contributed by atoms with E-state index in [1.807, 2.05) is 0 Å². The van der Waals surface area contributed by atoms with Gasteiger partial charge in [0.1, 0.15) is 5.03 Å². The highest BCUT2D eigenvalue weighted by atomic mass is 33.1. The van der Waals surface area contributed by atoms with Gasteiger partial charge in [0.2, 0.25) is 0 Å². The van der Waals surface area contributed by atoms with E-state index in [4.69, 9.17) is 5.11 Å². The molecule has 0 aliphatic carbocycles. The summed E-state index contributed by atoms with van der Waals surface area (Å²) in [7, 11) is 3.34. The van der Waals surface area contributed by atoms with E-state index in [2.05, 4.69) is 18.8 Å². The van der Waals surface area contributed by atoms with Crippen LogP contribution in [0.4, 0.5) is 0 Å². The molecular weight excluding hydrogens is 230 g/mol. The average Bonchev–Trinajstić information content (AvgIpc) is 2.26. The van der Waals surface area contributed by atoms with Crippen LogP contribution in [-0.4, -0.2) is 21.3 Å². The molecule has 3 nitrogen and oxygen atoms in total. The largest absolute Gasteiger partial charge is 0.478 e. The molecule has 82 valence electrons. The van der Waals surface area contributed by atoms with Crippen LogP contribution in [0, 0.1) is 0 Å². The van der Waals surface area contributed by atoms with Crippen LogP contribution in [0.2, 0.25) is 0 Å². The van der Waals surface area contributed by atoms with Crippen LogP contribution in [0.3, 0.4) is 0 Å². The topological polar surface area (TPSA) is 50.2 Å². The van der Waals surface area contributed by atoms with Gasteiger partial charge in [0.05, 0.1) is 5.56 Å². The zero-order chi connectivity index (χ0) is 11.3. The number of hydrogen-bond donors (Lipinski definition) is 1. The third-order valence-electron chi connectivity index (χ3n) is 1.86. The minimum absolute atomic E-state index is 0.230. The molecule has 5 heteroatoms. The predicted octanol–water partition coefficient (Wildman–Crippen LogP) is 3.32. The lowest BCUT2D eigenvalue weighted by Gasteiger charge is -2.05. The van der Waals surface area contributed by atoms with Gasteiger partial charge in [-0.1, -0.05) is 24.6 Å². The molecule has 0 saturated carbocycles. The summed E-state index contributed by atoms with van der Waals surface area (Å²) in [5.74, 6) is -0.936. The number of carbonyl (C=O) groups is 1. The van der Waals surface area contributed by atoms with Gasteiger partial charge in [-0.3, -0.25) is 0 Å². The molecule has 1 atom stereocenters. The number of rotatable bonds is 5. The number of carboxylic acids is 1. The van der Waals surface area contributed by atoms with Crippen LogP contribution in [0.5, 0.6) is 0 Å². The standard InChI is InChI=1S/C10H13NO2S2/c1-3-7(2)14-15-9-5-4-8(6-11-9)10(12)13/h4-7H,3H2,1-2H3,(H,12,13). The second-order valence-corrected chi connectivity index (χ2v) is 5.75. The van der Waals surface area contributed by atoms with Crippen LogP contribution < -0.4 is 0 Å². The maximum absolute atomic E-state index is 10.6. The van der Waals surface area contributed by atoms with Gasteiger partial charge in [-0.05, 0) is 29.3 Å². The summed E-state index contributed by atoms with van der Waals surface area (Å²) in [4.78, 5) is 14.6. The van der Waals surface area contributed by atoms with Gasteiger partial charge in [0, 0.05) is 11.4 Å². The number of hydrogen-bond acceptors (Lipinski definition) is 4. The van der Waals surface area contributed by atoms with Crippen molar-refractivity contribution in [2.24, 2.45) is 0 Å². The van der Waals surface area contributed by atoms with Gasteiger partial charge in [-0.15, -0.1) is 0 Å². The number of aromatic carboxylic acids is 1. The van der Waals surface area contributed by atoms with Crippen molar-refractivity contribution in [3.8, 4) is 0 Å². The molecule has 0 aliphatic heterocycles. The zero-order valence-corrected chi connectivity index (χ0v) is 10.3. The molecule has 0 aliphatic rings. The fourth-order valence-electron chi connectivity index (χ4n) is 0.756. The first-order valence-corrected chi connectivity index (χ1v) is 6.87. The van der Waals surface area contributed by atoms with Gasteiger partial charge < -0.3 is 5.11 Å². The molecule has 0 saturated heterocycles. The molecule has 0 fully saturated rings. The van der Waals surface area contributed by atoms with E-state index >= 15 is 0 Å². The Labute approximate surface area is 97.1 Å². The first-order valence-electron chi connectivity index (χ1n) is 4.66. The minimum atomic E-state index is -0.936. The third-order valence-corrected chi connectivity index (χ3v) is 4.81. The molecule has 1 heterocycles. The Balaban J connectivity index is 2.53. The summed E-state index contributed by atoms with van der Waals surface area (Å²) in [6.45, 7) is 4.29. The Morgan fingerprint density at radius 1 is 1.60 bits per heavy atom. The fraction of sp³-hybridized carbons (Fsp3) is 0.400. The molecule has 0 bridgehead atoms. The molecule has 0 spiro atoms. The summed E-state index contributed by atoms with van der Waals surface area (Å²) in [6.07, 6.45) is 2.51. The van der Waals surface area contributed by atoms with E-state index in [1.54, 1.807) is 33.7 Å². The number of pyridine rings is 1. The van der Waals surface area contributed by atoms with E-state index < -0.39 is 5.97 Å². The van der Waals surface area contributed by atoms with Crippen LogP contribution in [0.1, 0.15) is 30.6 Å². The number of carboxylic acid groups (broad SMARTS) is 1. The van der Waals surface area contributed by atoms with Crippen LogP contribution in [-0.2, 0) is 0 Å². The SMILES string of the molecule is CCC(C)SSc1ccc(C(=O)O)cn1. The molecular formula is C10H13NO2S2. The Kier molecular flexibility index (Phi) is 4.98. The average molecular weight is 243 g/mol. The molecule has 1 N–H and O–H groups in total. The van der Waals surface area contributed by atoms with Crippen LogP contribution >= 0.6 is 21.6 Å². The smallest absolute Gasteiger partial charge is 0.337 e. The third kappa shape index (κ3) is 4.13. The van der Waals surface area contributed by atoms with Crippen LogP contribution in [0.15, 0.2) is 23.4 Å². The maximum atomic E-state index is 10.6. The molecule has 0 radical (unpaired) electrons. The van der Waals surface area contributed by atoms with Crippen molar-refractivity contribution >= 4 is 27.6 Å². The van der Waals surface area contributed by atoms with Gasteiger partial charge in [0.15, 0.2) is 0 Å². The molecule has 1 aromatic rings. The quantitative estimate of drug-likeness (QED) is 0.804. The lowest BCUT2D eigenvalue weighted by Crippen LogP contribution is -1.96. The highest BCUT2D eigenvalue weighted by Crippen LogP contribution is 2.34. The monoisotopic (exact) mass is 243 g/mol. The van der Waals surface area contributed by atoms with E-state index in [0.717, 1.165) is 11.4 Å². The Bertz CT molecular complexity index is 327. The van der Waals surface area contributed by atoms with Gasteiger partial charge in [-0.25, -0.2) is 9.78 Å². The lowest BCUT2D eigenvalue weighted by molar-refractivity contribution is 0.0696. The van der Waals surface area contributed by atoms with Gasteiger partial charge in [0.25, 0.3) is 0 Å². The molecule has 1 unspecified atom stereocenters. The number of aromatic nitrogens is 1. The first-order chi connectivity index (χ1) is 7.13. The van der Waals surface area contributed by atoms with Crippen molar-refractivity contribution in [3.05, 3.63) is 23.9 Å². The highest BCUT2D eigenvalue weighted by Gasteiger charge is 2.05. The summed E-state index contributed by atoms with van der Waals surface area (Å²) in [5.41, 5.74) is 0.230. The van der Waals surface area contributed by atoms with Crippen molar-refractivity contribution in [1.82, 2.24) is 4.98 Å². The Hall–Kier alpha value is -0.680. The summed E-state index contributed by atoms with van der Waals surface area (Å²) >= 11 is 0.